The summed E-state index contributed by atoms with van der Waals surface area (Å²) < 4.78 is 63.9. The minimum Gasteiger partial charge on any atom is -0.369 e. The van der Waals surface area contributed by atoms with Crippen molar-refractivity contribution in [2.45, 2.75) is 11.1 Å². The van der Waals surface area contributed by atoms with Gasteiger partial charge >= 0.3 is 6.18 Å². The number of alkyl halides is 3. The second-order valence-electron chi connectivity index (χ2n) is 4.57. The molecular weight excluding hydrogens is 331 g/mol. The number of sulfonamides is 1. The van der Waals surface area contributed by atoms with Crippen LogP contribution in [0.25, 0.3) is 0 Å². The number of benzene rings is 1. The van der Waals surface area contributed by atoms with Crippen LogP contribution in [0.4, 0.5) is 19.0 Å². The summed E-state index contributed by atoms with van der Waals surface area (Å²) in [4.78, 5) is 3.88. The maximum Gasteiger partial charge on any atom is 0.416 e. The topological polar surface area (TPSA) is 71.1 Å². The van der Waals surface area contributed by atoms with Crippen LogP contribution in [0, 0.1) is 0 Å². The number of halogens is 3. The van der Waals surface area contributed by atoms with Crippen molar-refractivity contribution >= 4 is 15.8 Å². The van der Waals surface area contributed by atoms with Gasteiger partial charge in [0.05, 0.1) is 10.5 Å². The minimum absolute atomic E-state index is 0.00908. The van der Waals surface area contributed by atoms with Crippen molar-refractivity contribution in [3.8, 4) is 0 Å². The average molecular weight is 345 g/mol. The lowest BCUT2D eigenvalue weighted by atomic mass is 10.2. The minimum atomic E-state index is -4.45. The average Bonchev–Trinajstić information content (AvgIpc) is 2.52. The monoisotopic (exact) mass is 345 g/mol. The predicted octanol–water partition coefficient (Wildman–Crippen LogP) is 2.49. The first-order valence-corrected chi connectivity index (χ1v) is 8.09. The molecule has 0 aliphatic heterocycles. The molecule has 124 valence electrons. The van der Waals surface area contributed by atoms with Crippen LogP contribution >= 0.6 is 0 Å². The highest BCUT2D eigenvalue weighted by molar-refractivity contribution is 7.89. The second kappa shape index (κ2) is 6.97. The molecule has 2 aromatic rings. The van der Waals surface area contributed by atoms with Crippen LogP contribution < -0.4 is 10.0 Å². The van der Waals surface area contributed by atoms with E-state index in [1.165, 1.54) is 12.1 Å². The van der Waals surface area contributed by atoms with Crippen LogP contribution in [-0.2, 0) is 16.2 Å². The molecule has 0 unspecified atom stereocenters. The molecule has 0 saturated heterocycles. The zero-order chi connectivity index (χ0) is 16.9. The van der Waals surface area contributed by atoms with Gasteiger partial charge in [-0.25, -0.2) is 18.1 Å². The van der Waals surface area contributed by atoms with Gasteiger partial charge < -0.3 is 5.32 Å². The lowest BCUT2D eigenvalue weighted by Gasteiger charge is -2.10. The summed E-state index contributed by atoms with van der Waals surface area (Å²) >= 11 is 0. The number of aromatic nitrogens is 1. The molecule has 23 heavy (non-hydrogen) atoms. The summed E-state index contributed by atoms with van der Waals surface area (Å²) in [5, 5.41) is 2.64. The molecule has 0 saturated carbocycles. The first kappa shape index (κ1) is 17.2. The van der Waals surface area contributed by atoms with Gasteiger partial charge in [0, 0.05) is 19.3 Å². The molecule has 0 amide bonds. The predicted molar refractivity (Wildman–Crippen MR) is 79.4 cm³/mol. The molecule has 5 nitrogen and oxygen atoms in total. The number of pyridine rings is 1. The first-order chi connectivity index (χ1) is 10.8. The third-order valence-electron chi connectivity index (χ3n) is 2.86. The normalized spacial score (nSPS) is 12.1. The maximum atomic E-state index is 12.6. The van der Waals surface area contributed by atoms with Crippen LogP contribution in [0.3, 0.4) is 0 Å². The van der Waals surface area contributed by atoms with Crippen molar-refractivity contribution in [1.82, 2.24) is 9.71 Å². The van der Waals surface area contributed by atoms with E-state index in [9.17, 15) is 21.6 Å². The second-order valence-corrected chi connectivity index (χ2v) is 6.33. The standard InChI is InChI=1S/C14H14F3N3O2S/c15-14(16,17)11-6-7-18-13(10-11)19-8-9-20-23(21,22)12-4-2-1-3-5-12/h1-7,10,20H,8-9H2,(H,18,19). The Balaban J connectivity index is 1.89. The van der Waals surface area contributed by atoms with E-state index in [4.69, 9.17) is 0 Å². The molecule has 0 aliphatic rings. The van der Waals surface area contributed by atoms with Crippen molar-refractivity contribution in [3.63, 3.8) is 0 Å². The molecule has 2 rings (SSSR count). The van der Waals surface area contributed by atoms with E-state index in [2.05, 4.69) is 15.0 Å². The Hall–Kier alpha value is -2.13. The Bertz CT molecular complexity index is 749. The fourth-order valence-corrected chi connectivity index (χ4v) is 2.82. The molecule has 0 aliphatic carbocycles. The number of nitrogens with one attached hydrogen (secondary N) is 2. The molecule has 1 aromatic carbocycles. The van der Waals surface area contributed by atoms with E-state index in [0.29, 0.717) is 0 Å². The smallest absolute Gasteiger partial charge is 0.369 e. The number of rotatable bonds is 6. The molecule has 2 N–H and O–H groups in total. The summed E-state index contributed by atoms with van der Waals surface area (Å²) in [7, 11) is -3.64. The maximum absolute atomic E-state index is 12.6. The Kier molecular flexibility index (Phi) is 5.22. The quantitative estimate of drug-likeness (QED) is 0.789. The van der Waals surface area contributed by atoms with Crippen LogP contribution in [0.15, 0.2) is 53.6 Å². The van der Waals surface area contributed by atoms with Crippen molar-refractivity contribution in [1.29, 1.82) is 0 Å². The SMILES string of the molecule is O=S(=O)(NCCNc1cc(C(F)(F)F)ccn1)c1ccccc1. The van der Waals surface area contributed by atoms with E-state index >= 15 is 0 Å². The van der Waals surface area contributed by atoms with E-state index in [-0.39, 0.29) is 23.8 Å². The Labute approximate surface area is 131 Å². The number of nitrogens with zero attached hydrogens (tertiary/aromatic N) is 1. The summed E-state index contributed by atoms with van der Waals surface area (Å²) in [6.45, 7) is 0.107. The zero-order valence-corrected chi connectivity index (χ0v) is 12.7. The molecular formula is C14H14F3N3O2S. The number of hydrogen-bond acceptors (Lipinski definition) is 4. The summed E-state index contributed by atoms with van der Waals surface area (Å²) in [5.74, 6) is 0.0266. The van der Waals surface area contributed by atoms with Crippen LogP contribution in [-0.4, -0.2) is 26.5 Å². The third-order valence-corrected chi connectivity index (χ3v) is 4.34. The van der Waals surface area contributed by atoms with Gasteiger partial charge in [0.15, 0.2) is 0 Å². The summed E-state index contributed by atoms with van der Waals surface area (Å²) in [5.41, 5.74) is -0.820. The summed E-state index contributed by atoms with van der Waals surface area (Å²) in [6.07, 6.45) is -3.41. The molecule has 0 fully saturated rings. The largest absolute Gasteiger partial charge is 0.416 e. The molecule has 0 atom stereocenters. The van der Waals surface area contributed by atoms with Crippen LogP contribution in [0.2, 0.25) is 0 Å². The summed E-state index contributed by atoms with van der Waals surface area (Å²) in [6, 6.07) is 9.52. The highest BCUT2D eigenvalue weighted by Gasteiger charge is 2.30. The molecule has 0 radical (unpaired) electrons. The van der Waals surface area contributed by atoms with Crippen molar-refractivity contribution in [2.75, 3.05) is 18.4 Å². The van der Waals surface area contributed by atoms with Gasteiger partial charge in [-0.2, -0.15) is 13.2 Å². The Morgan fingerprint density at radius 2 is 1.74 bits per heavy atom. The lowest BCUT2D eigenvalue weighted by Crippen LogP contribution is -2.29. The first-order valence-electron chi connectivity index (χ1n) is 6.61. The van der Waals surface area contributed by atoms with E-state index in [1.807, 2.05) is 0 Å². The van der Waals surface area contributed by atoms with Crippen molar-refractivity contribution in [2.24, 2.45) is 0 Å². The van der Waals surface area contributed by atoms with Crippen LogP contribution in [0.5, 0.6) is 0 Å². The van der Waals surface area contributed by atoms with Gasteiger partial charge in [0.1, 0.15) is 5.82 Å². The van der Waals surface area contributed by atoms with Crippen LogP contribution in [0.1, 0.15) is 5.56 Å². The molecule has 0 spiro atoms. The number of hydrogen-bond donors (Lipinski definition) is 2. The van der Waals surface area contributed by atoms with E-state index in [1.54, 1.807) is 18.2 Å². The van der Waals surface area contributed by atoms with Gasteiger partial charge in [-0.15, -0.1) is 0 Å². The van der Waals surface area contributed by atoms with Gasteiger partial charge in [-0.3, -0.25) is 0 Å². The lowest BCUT2D eigenvalue weighted by molar-refractivity contribution is -0.137. The van der Waals surface area contributed by atoms with E-state index < -0.39 is 21.8 Å². The van der Waals surface area contributed by atoms with Gasteiger partial charge in [0.25, 0.3) is 0 Å². The zero-order valence-electron chi connectivity index (χ0n) is 11.8. The van der Waals surface area contributed by atoms with Crippen molar-refractivity contribution in [3.05, 3.63) is 54.2 Å². The highest BCUT2D eigenvalue weighted by atomic mass is 32.2. The highest BCUT2D eigenvalue weighted by Crippen LogP contribution is 2.29. The van der Waals surface area contributed by atoms with Gasteiger partial charge in [-0.1, -0.05) is 18.2 Å². The molecule has 1 aromatic heterocycles. The molecule has 9 heteroatoms. The Morgan fingerprint density at radius 3 is 2.39 bits per heavy atom. The Morgan fingerprint density at radius 1 is 1.04 bits per heavy atom. The fourth-order valence-electron chi connectivity index (χ4n) is 1.76. The molecule has 0 bridgehead atoms. The molecule has 1 heterocycles. The van der Waals surface area contributed by atoms with Crippen molar-refractivity contribution < 1.29 is 21.6 Å². The number of anilines is 1. The fraction of sp³-hybridized carbons (Fsp3) is 0.214. The van der Waals surface area contributed by atoms with Gasteiger partial charge in [0.2, 0.25) is 10.0 Å². The van der Waals surface area contributed by atoms with Gasteiger partial charge in [-0.05, 0) is 24.3 Å². The van der Waals surface area contributed by atoms with E-state index in [0.717, 1.165) is 18.3 Å². The third kappa shape index (κ3) is 4.93.